The summed E-state index contributed by atoms with van der Waals surface area (Å²) in [4.78, 5) is 0. The zero-order valence-electron chi connectivity index (χ0n) is 16.0. The van der Waals surface area contributed by atoms with Gasteiger partial charge in [-0.15, -0.1) is 0 Å². The van der Waals surface area contributed by atoms with Crippen LogP contribution in [-0.4, -0.2) is 44.6 Å². The molecule has 0 bridgehead atoms. The van der Waals surface area contributed by atoms with Gasteiger partial charge in [-0.3, -0.25) is 0 Å². The van der Waals surface area contributed by atoms with Gasteiger partial charge in [0.15, 0.2) is 14.6 Å². The van der Waals surface area contributed by atoms with Gasteiger partial charge in [0.05, 0.1) is 6.61 Å². The normalized spacial score (nSPS) is 29.0. The smallest absolute Gasteiger partial charge is 0.192 e. The molecule has 0 saturated carbocycles. The summed E-state index contributed by atoms with van der Waals surface area (Å²) in [5.74, 6) is 0. The van der Waals surface area contributed by atoms with Crippen LogP contribution in [0.5, 0.6) is 0 Å². The summed E-state index contributed by atoms with van der Waals surface area (Å²) in [7, 11) is -1.88. The largest absolute Gasteiger partial charge is 0.414 e. The van der Waals surface area contributed by atoms with Crippen molar-refractivity contribution >= 4 is 8.32 Å². The molecule has 1 heterocycles. The van der Waals surface area contributed by atoms with Gasteiger partial charge in [-0.05, 0) is 43.6 Å². The molecule has 23 heavy (non-hydrogen) atoms. The minimum Gasteiger partial charge on any atom is -0.414 e. The molecule has 136 valence electrons. The maximum absolute atomic E-state index is 11.0. The molecule has 0 aromatic heterocycles. The lowest BCUT2D eigenvalue weighted by Crippen LogP contribution is -2.52. The molecule has 4 nitrogen and oxygen atoms in total. The highest BCUT2D eigenvalue weighted by Gasteiger charge is 2.43. The highest BCUT2D eigenvalue weighted by molar-refractivity contribution is 6.74. The minimum atomic E-state index is -1.88. The molecular weight excluding hydrogens is 308 g/mol. The van der Waals surface area contributed by atoms with E-state index in [0.29, 0.717) is 19.6 Å². The van der Waals surface area contributed by atoms with Crippen LogP contribution in [0, 0.1) is 0 Å². The van der Waals surface area contributed by atoms with Crippen molar-refractivity contribution in [2.75, 3.05) is 13.2 Å². The van der Waals surface area contributed by atoms with E-state index in [1.807, 2.05) is 19.1 Å². The highest BCUT2D eigenvalue weighted by Crippen LogP contribution is 2.38. The zero-order valence-corrected chi connectivity index (χ0v) is 17.0. The summed E-state index contributed by atoms with van der Waals surface area (Å²) in [6, 6.07) is 0. The number of unbranched alkanes of at least 4 members (excludes halogenated alkanes) is 1. The summed E-state index contributed by atoms with van der Waals surface area (Å²) < 4.78 is 17.8. The fraction of sp³-hybridized carbons (Fsp3) is 0.889. The SMILES string of the molecule is CCCC[C@]1(O)C=C[C@@H](OCC)O[C@@H]1CO[Si](C)(C)C(C)(C)C. The second-order valence-corrected chi connectivity index (χ2v) is 12.8. The maximum atomic E-state index is 11.0. The first kappa shape index (κ1) is 20.8. The maximum Gasteiger partial charge on any atom is 0.192 e. The molecule has 1 rings (SSSR count). The van der Waals surface area contributed by atoms with Gasteiger partial charge < -0.3 is 19.0 Å². The van der Waals surface area contributed by atoms with Crippen LogP contribution in [0.2, 0.25) is 18.1 Å². The molecule has 1 N–H and O–H groups in total. The Bertz CT molecular complexity index is 389. The van der Waals surface area contributed by atoms with Crippen molar-refractivity contribution in [1.29, 1.82) is 0 Å². The van der Waals surface area contributed by atoms with Gasteiger partial charge in [-0.1, -0.05) is 40.5 Å². The number of hydrogen-bond donors (Lipinski definition) is 1. The van der Waals surface area contributed by atoms with Crippen LogP contribution in [0.15, 0.2) is 12.2 Å². The Morgan fingerprint density at radius 1 is 1.26 bits per heavy atom. The van der Waals surface area contributed by atoms with Crippen LogP contribution in [0.3, 0.4) is 0 Å². The predicted molar refractivity (Wildman–Crippen MR) is 97.1 cm³/mol. The van der Waals surface area contributed by atoms with Crippen LogP contribution < -0.4 is 0 Å². The fourth-order valence-electron chi connectivity index (χ4n) is 2.33. The molecule has 0 aliphatic carbocycles. The lowest BCUT2D eigenvalue weighted by Gasteiger charge is -2.42. The Balaban J connectivity index is 2.82. The van der Waals surface area contributed by atoms with Crippen molar-refractivity contribution in [3.05, 3.63) is 12.2 Å². The average Bonchev–Trinajstić information content (AvgIpc) is 2.45. The van der Waals surface area contributed by atoms with E-state index in [9.17, 15) is 5.11 Å². The minimum absolute atomic E-state index is 0.137. The molecule has 0 radical (unpaired) electrons. The molecular formula is C18H36O4Si. The number of rotatable bonds is 8. The van der Waals surface area contributed by atoms with Gasteiger partial charge in [-0.2, -0.15) is 0 Å². The summed E-state index contributed by atoms with van der Waals surface area (Å²) >= 11 is 0. The molecule has 0 aromatic rings. The predicted octanol–water partition coefficient (Wildman–Crippen LogP) is 4.25. The third-order valence-electron chi connectivity index (χ3n) is 5.06. The van der Waals surface area contributed by atoms with Gasteiger partial charge in [0.1, 0.15) is 11.7 Å². The van der Waals surface area contributed by atoms with Gasteiger partial charge in [0, 0.05) is 6.61 Å². The van der Waals surface area contributed by atoms with E-state index in [1.54, 1.807) is 0 Å². The number of hydrogen-bond acceptors (Lipinski definition) is 4. The molecule has 5 heteroatoms. The van der Waals surface area contributed by atoms with E-state index in [0.717, 1.165) is 12.8 Å². The quantitative estimate of drug-likeness (QED) is 0.528. The van der Waals surface area contributed by atoms with E-state index in [1.165, 1.54) is 0 Å². The van der Waals surface area contributed by atoms with Crippen LogP contribution in [0.4, 0.5) is 0 Å². The first-order valence-electron chi connectivity index (χ1n) is 8.88. The van der Waals surface area contributed by atoms with E-state index < -0.39 is 20.2 Å². The van der Waals surface area contributed by atoms with Crippen LogP contribution in [0.1, 0.15) is 53.9 Å². The summed E-state index contributed by atoms with van der Waals surface area (Å²) in [5.41, 5.74) is -0.966. The summed E-state index contributed by atoms with van der Waals surface area (Å²) in [6.45, 7) is 16.1. The van der Waals surface area contributed by atoms with E-state index in [-0.39, 0.29) is 11.1 Å². The summed E-state index contributed by atoms with van der Waals surface area (Å²) in [6.07, 6.45) is 5.58. The Kier molecular flexibility index (Phi) is 7.48. The second-order valence-electron chi connectivity index (χ2n) is 7.97. The van der Waals surface area contributed by atoms with E-state index in [4.69, 9.17) is 13.9 Å². The zero-order chi connectivity index (χ0) is 17.7. The molecule has 0 spiro atoms. The molecule has 1 aliphatic heterocycles. The highest BCUT2D eigenvalue weighted by atomic mass is 28.4. The van der Waals surface area contributed by atoms with Crippen LogP contribution in [-0.2, 0) is 13.9 Å². The van der Waals surface area contributed by atoms with E-state index >= 15 is 0 Å². The monoisotopic (exact) mass is 344 g/mol. The van der Waals surface area contributed by atoms with Gasteiger partial charge in [0.2, 0.25) is 0 Å². The third-order valence-corrected chi connectivity index (χ3v) is 9.56. The average molecular weight is 345 g/mol. The Labute approximate surface area is 143 Å². The Hall–Kier alpha value is -0.203. The molecule has 0 unspecified atom stereocenters. The molecule has 0 aromatic carbocycles. The van der Waals surface area contributed by atoms with E-state index in [2.05, 4.69) is 40.8 Å². The molecule has 0 saturated heterocycles. The van der Waals surface area contributed by atoms with Crippen molar-refractivity contribution in [2.45, 2.75) is 90.0 Å². The van der Waals surface area contributed by atoms with Gasteiger partial charge in [0.25, 0.3) is 0 Å². The Morgan fingerprint density at radius 2 is 1.91 bits per heavy atom. The second kappa shape index (κ2) is 8.25. The van der Waals surface area contributed by atoms with Crippen molar-refractivity contribution in [3.63, 3.8) is 0 Å². The first-order valence-corrected chi connectivity index (χ1v) is 11.8. The molecule has 1 aliphatic rings. The lowest BCUT2D eigenvalue weighted by atomic mass is 9.89. The van der Waals surface area contributed by atoms with Crippen molar-refractivity contribution < 1.29 is 19.0 Å². The van der Waals surface area contributed by atoms with Crippen molar-refractivity contribution in [3.8, 4) is 0 Å². The number of ether oxygens (including phenoxy) is 2. The lowest BCUT2D eigenvalue weighted by molar-refractivity contribution is -0.204. The van der Waals surface area contributed by atoms with Gasteiger partial charge >= 0.3 is 0 Å². The third kappa shape index (κ3) is 5.68. The molecule has 0 amide bonds. The topological polar surface area (TPSA) is 47.9 Å². The first-order chi connectivity index (χ1) is 10.6. The van der Waals surface area contributed by atoms with Crippen LogP contribution in [0.25, 0.3) is 0 Å². The molecule has 0 fully saturated rings. The van der Waals surface area contributed by atoms with Gasteiger partial charge in [-0.25, -0.2) is 0 Å². The van der Waals surface area contributed by atoms with Crippen molar-refractivity contribution in [2.24, 2.45) is 0 Å². The molecule has 3 atom stereocenters. The fourth-order valence-corrected chi connectivity index (χ4v) is 3.33. The number of aliphatic hydroxyl groups is 1. The van der Waals surface area contributed by atoms with Crippen LogP contribution >= 0.6 is 0 Å². The summed E-state index contributed by atoms with van der Waals surface area (Å²) in [5, 5.41) is 11.2. The van der Waals surface area contributed by atoms with Crippen molar-refractivity contribution in [1.82, 2.24) is 0 Å². The standard InChI is InChI=1S/C18H36O4Si/c1-8-10-12-18(19)13-11-16(20-9-2)22-15(18)14-21-23(6,7)17(3,4)5/h11,13,15-16,19H,8-10,12,14H2,1-7H3/t15-,16+,18+/m1/s1. The Morgan fingerprint density at radius 3 is 2.43 bits per heavy atom.